The quantitative estimate of drug-likeness (QED) is 0.823. The molecule has 3 fully saturated rings. The zero-order chi connectivity index (χ0) is 13.3. The van der Waals surface area contributed by atoms with Crippen LogP contribution in [0.5, 0.6) is 0 Å². The Bertz CT molecular complexity index is 294. The molecule has 0 saturated heterocycles. The minimum atomic E-state index is 0.356. The lowest BCUT2D eigenvalue weighted by Crippen LogP contribution is -2.59. The highest BCUT2D eigenvalue weighted by Gasteiger charge is 2.46. The molecule has 0 aliphatic heterocycles. The van der Waals surface area contributed by atoms with Crippen molar-refractivity contribution in [1.29, 1.82) is 0 Å². The predicted octanol–water partition coefficient (Wildman–Crippen LogP) is 3.55. The van der Waals surface area contributed by atoms with E-state index in [1.807, 2.05) is 0 Å². The van der Waals surface area contributed by atoms with Crippen LogP contribution in [0.15, 0.2) is 0 Å². The van der Waals surface area contributed by atoms with E-state index in [0.717, 1.165) is 24.4 Å². The Labute approximate surface area is 119 Å². The van der Waals surface area contributed by atoms with Crippen molar-refractivity contribution in [1.82, 2.24) is 4.90 Å². The summed E-state index contributed by atoms with van der Waals surface area (Å²) in [5.74, 6) is 2.06. The topological polar surface area (TPSA) is 29.3 Å². The molecule has 0 aromatic rings. The van der Waals surface area contributed by atoms with Gasteiger partial charge in [0.05, 0.1) is 0 Å². The highest BCUT2D eigenvalue weighted by molar-refractivity contribution is 5.01. The highest BCUT2D eigenvalue weighted by atomic mass is 15.2. The van der Waals surface area contributed by atoms with Gasteiger partial charge in [-0.2, -0.15) is 0 Å². The third kappa shape index (κ3) is 2.71. The van der Waals surface area contributed by atoms with Crippen molar-refractivity contribution < 1.29 is 0 Å². The zero-order valence-corrected chi connectivity index (χ0v) is 12.7. The van der Waals surface area contributed by atoms with Crippen molar-refractivity contribution >= 4 is 0 Å². The van der Waals surface area contributed by atoms with E-state index in [1.54, 1.807) is 0 Å². The fraction of sp³-hybridized carbons (Fsp3) is 1.00. The molecule has 0 amide bonds. The van der Waals surface area contributed by atoms with Crippen molar-refractivity contribution in [3.8, 4) is 0 Å². The first-order valence-corrected chi connectivity index (χ1v) is 8.76. The molecular weight excluding hydrogens is 232 g/mol. The summed E-state index contributed by atoms with van der Waals surface area (Å²) in [6, 6.07) is 0.839. The van der Waals surface area contributed by atoms with E-state index < -0.39 is 0 Å². The Morgan fingerprint density at radius 2 is 1.74 bits per heavy atom. The van der Waals surface area contributed by atoms with E-state index in [-0.39, 0.29) is 0 Å². The maximum Gasteiger partial charge on any atom is 0.0337 e. The average molecular weight is 264 g/mol. The monoisotopic (exact) mass is 264 g/mol. The number of hydrogen-bond donors (Lipinski definition) is 1. The summed E-state index contributed by atoms with van der Waals surface area (Å²) in [6.07, 6.45) is 14.4. The fourth-order valence-corrected chi connectivity index (χ4v) is 5.12. The summed E-state index contributed by atoms with van der Waals surface area (Å²) < 4.78 is 0. The molecule has 3 saturated carbocycles. The first-order chi connectivity index (χ1) is 9.29. The lowest BCUT2D eigenvalue weighted by molar-refractivity contribution is 0.00368. The molecule has 0 spiro atoms. The second-order valence-electron chi connectivity index (χ2n) is 7.35. The second kappa shape index (κ2) is 5.73. The number of rotatable bonds is 5. The van der Waals surface area contributed by atoms with E-state index in [4.69, 9.17) is 5.73 Å². The average Bonchev–Trinajstić information content (AvgIpc) is 3.17. The van der Waals surface area contributed by atoms with Crippen LogP contribution in [0.2, 0.25) is 0 Å². The van der Waals surface area contributed by atoms with Gasteiger partial charge < -0.3 is 5.73 Å². The van der Waals surface area contributed by atoms with E-state index in [2.05, 4.69) is 11.8 Å². The Morgan fingerprint density at radius 1 is 1.00 bits per heavy atom. The van der Waals surface area contributed by atoms with Crippen molar-refractivity contribution in [2.24, 2.45) is 17.6 Å². The van der Waals surface area contributed by atoms with Crippen LogP contribution in [0.3, 0.4) is 0 Å². The zero-order valence-electron chi connectivity index (χ0n) is 12.7. The van der Waals surface area contributed by atoms with Crippen LogP contribution in [0.25, 0.3) is 0 Å². The number of likely N-dealkylation sites (N-methyl/N-ethyl adjacent to an activating group) is 1. The Balaban J connectivity index is 1.74. The first-order valence-electron chi connectivity index (χ1n) is 8.76. The summed E-state index contributed by atoms with van der Waals surface area (Å²) in [5.41, 5.74) is 6.68. The van der Waals surface area contributed by atoms with Crippen LogP contribution in [0, 0.1) is 11.8 Å². The Hall–Kier alpha value is -0.0800. The summed E-state index contributed by atoms with van der Waals surface area (Å²) in [5, 5.41) is 0. The van der Waals surface area contributed by atoms with Crippen LogP contribution < -0.4 is 5.73 Å². The molecule has 0 aromatic carbocycles. The molecular formula is C17H32N2. The summed E-state index contributed by atoms with van der Waals surface area (Å²) in [7, 11) is 0. The maximum atomic E-state index is 6.32. The van der Waals surface area contributed by atoms with Gasteiger partial charge in [0.2, 0.25) is 0 Å². The molecule has 3 rings (SSSR count). The largest absolute Gasteiger partial charge is 0.329 e. The minimum absolute atomic E-state index is 0.356. The van der Waals surface area contributed by atoms with Gasteiger partial charge in [-0.1, -0.05) is 32.6 Å². The molecule has 0 bridgehead atoms. The number of hydrogen-bond acceptors (Lipinski definition) is 2. The summed E-state index contributed by atoms with van der Waals surface area (Å²) in [4.78, 5) is 2.84. The van der Waals surface area contributed by atoms with Crippen molar-refractivity contribution in [2.75, 3.05) is 13.1 Å². The molecule has 19 heavy (non-hydrogen) atoms. The molecule has 0 radical (unpaired) electrons. The van der Waals surface area contributed by atoms with E-state index in [0.29, 0.717) is 5.54 Å². The maximum absolute atomic E-state index is 6.32. The van der Waals surface area contributed by atoms with Gasteiger partial charge in [0.25, 0.3) is 0 Å². The van der Waals surface area contributed by atoms with Crippen LogP contribution in [-0.4, -0.2) is 29.6 Å². The van der Waals surface area contributed by atoms with Gasteiger partial charge in [-0.05, 0) is 56.9 Å². The van der Waals surface area contributed by atoms with Crippen LogP contribution in [0.1, 0.15) is 71.1 Å². The summed E-state index contributed by atoms with van der Waals surface area (Å²) in [6.45, 7) is 4.45. The van der Waals surface area contributed by atoms with Gasteiger partial charge in [-0.15, -0.1) is 0 Å². The summed E-state index contributed by atoms with van der Waals surface area (Å²) >= 11 is 0. The molecule has 0 heterocycles. The Kier molecular flexibility index (Phi) is 4.19. The first kappa shape index (κ1) is 13.9. The third-order valence-corrected chi connectivity index (χ3v) is 6.24. The van der Waals surface area contributed by atoms with Crippen molar-refractivity contribution in [3.63, 3.8) is 0 Å². The van der Waals surface area contributed by atoms with E-state index in [9.17, 15) is 0 Å². The van der Waals surface area contributed by atoms with Gasteiger partial charge in [0.1, 0.15) is 0 Å². The molecule has 3 aliphatic carbocycles. The number of nitrogens with two attached hydrogens (primary N) is 1. The van der Waals surface area contributed by atoms with Crippen LogP contribution in [-0.2, 0) is 0 Å². The van der Waals surface area contributed by atoms with Crippen molar-refractivity contribution in [3.05, 3.63) is 0 Å². The lowest BCUT2D eigenvalue weighted by atomic mass is 9.72. The molecule has 3 aliphatic rings. The molecule has 2 heteroatoms. The molecule has 110 valence electrons. The highest BCUT2D eigenvalue weighted by Crippen LogP contribution is 2.48. The second-order valence-corrected chi connectivity index (χ2v) is 7.35. The van der Waals surface area contributed by atoms with Crippen molar-refractivity contribution in [2.45, 2.75) is 82.7 Å². The van der Waals surface area contributed by atoms with Crippen LogP contribution in [0.4, 0.5) is 0 Å². The normalized spacial score (nSPS) is 37.1. The predicted molar refractivity (Wildman–Crippen MR) is 81.1 cm³/mol. The van der Waals surface area contributed by atoms with Gasteiger partial charge in [0, 0.05) is 18.1 Å². The Morgan fingerprint density at radius 3 is 2.32 bits per heavy atom. The molecule has 2 unspecified atom stereocenters. The SMILES string of the molecule is CCN(C1CCCC1)C1(CN)CCCC(C2CC2)C1. The molecule has 2 nitrogen and oxygen atoms in total. The van der Waals surface area contributed by atoms with E-state index >= 15 is 0 Å². The fourth-order valence-electron chi connectivity index (χ4n) is 5.12. The lowest BCUT2D eigenvalue weighted by Gasteiger charge is -2.51. The smallest absolute Gasteiger partial charge is 0.0337 e. The van der Waals surface area contributed by atoms with Gasteiger partial charge in [0.15, 0.2) is 0 Å². The molecule has 0 aromatic heterocycles. The third-order valence-electron chi connectivity index (χ3n) is 6.24. The minimum Gasteiger partial charge on any atom is -0.329 e. The van der Waals surface area contributed by atoms with Gasteiger partial charge >= 0.3 is 0 Å². The standard InChI is InChI=1S/C17H32N2/c1-2-19(16-7-3-4-8-16)17(13-18)11-5-6-15(12-17)14-9-10-14/h14-16H,2-13,18H2,1H3. The van der Waals surface area contributed by atoms with Gasteiger partial charge in [-0.25, -0.2) is 0 Å². The van der Waals surface area contributed by atoms with E-state index in [1.165, 1.54) is 70.8 Å². The van der Waals surface area contributed by atoms with Crippen LogP contribution >= 0.6 is 0 Å². The molecule has 2 N–H and O–H groups in total. The van der Waals surface area contributed by atoms with Gasteiger partial charge in [-0.3, -0.25) is 4.90 Å². The number of nitrogens with zero attached hydrogens (tertiary/aromatic N) is 1. The molecule has 2 atom stereocenters.